The van der Waals surface area contributed by atoms with Gasteiger partial charge in [0.2, 0.25) is 0 Å². The van der Waals surface area contributed by atoms with E-state index in [0.717, 1.165) is 37.4 Å². The van der Waals surface area contributed by atoms with Gasteiger partial charge in [0, 0.05) is 43.0 Å². The summed E-state index contributed by atoms with van der Waals surface area (Å²) < 4.78 is 0. The topological polar surface area (TPSA) is 68.6 Å². The number of hydrogen-bond donors (Lipinski definition) is 1. The number of nitrogens with zero attached hydrogens (tertiary/aromatic N) is 4. The average Bonchev–Trinajstić information content (AvgIpc) is 3.06. The van der Waals surface area contributed by atoms with E-state index >= 15 is 0 Å². The maximum atomic E-state index is 8.96. The molecular weight excluding hydrogens is 322 g/mol. The van der Waals surface area contributed by atoms with Crippen LogP contribution in [0.4, 0.5) is 5.82 Å². The molecule has 4 heterocycles. The van der Waals surface area contributed by atoms with Crippen LogP contribution < -0.4 is 4.90 Å². The molecule has 3 aromatic heterocycles. The highest BCUT2D eigenvalue weighted by atomic mass is 35.5. The predicted octanol–water partition coefficient (Wildman–Crippen LogP) is 3.87. The standard InChI is InChI=1S/C18H16ClN5/c19-16-7-12(8-20)9-23-18(16)24-6-2-3-13(11-24)15-10-22-17-14(15)4-1-5-21-17/h1,4-5,7,9-10,13H,2-3,6,11H2,(H,21,22). The van der Waals surface area contributed by atoms with Crippen molar-refractivity contribution >= 4 is 28.5 Å². The molecule has 0 radical (unpaired) electrons. The van der Waals surface area contributed by atoms with Gasteiger partial charge in [0.25, 0.3) is 0 Å². The van der Waals surface area contributed by atoms with Crippen LogP contribution in [0.1, 0.15) is 29.9 Å². The molecule has 0 saturated carbocycles. The van der Waals surface area contributed by atoms with Gasteiger partial charge in [0.1, 0.15) is 17.5 Å². The molecule has 6 heteroatoms. The molecule has 0 aliphatic carbocycles. The first-order valence-electron chi connectivity index (χ1n) is 7.99. The molecule has 1 aliphatic heterocycles. The first-order chi connectivity index (χ1) is 11.8. The van der Waals surface area contributed by atoms with Crippen molar-refractivity contribution in [2.45, 2.75) is 18.8 Å². The summed E-state index contributed by atoms with van der Waals surface area (Å²) in [5.41, 5.74) is 2.71. The third-order valence-corrected chi connectivity index (χ3v) is 4.87. The first-order valence-corrected chi connectivity index (χ1v) is 8.36. The number of rotatable bonds is 2. The Bertz CT molecular complexity index is 927. The quantitative estimate of drug-likeness (QED) is 0.770. The molecule has 0 bridgehead atoms. The minimum atomic E-state index is 0.408. The number of aromatic nitrogens is 3. The van der Waals surface area contributed by atoms with Crippen molar-refractivity contribution in [2.24, 2.45) is 0 Å². The number of halogens is 1. The van der Waals surface area contributed by atoms with Gasteiger partial charge in [-0.15, -0.1) is 0 Å². The number of pyridine rings is 2. The normalized spacial score (nSPS) is 17.8. The van der Waals surface area contributed by atoms with Gasteiger partial charge in [-0.05, 0) is 36.6 Å². The summed E-state index contributed by atoms with van der Waals surface area (Å²) in [7, 11) is 0. The summed E-state index contributed by atoms with van der Waals surface area (Å²) in [6.45, 7) is 1.79. The van der Waals surface area contributed by atoms with E-state index in [4.69, 9.17) is 16.9 Å². The van der Waals surface area contributed by atoms with Crippen molar-refractivity contribution in [2.75, 3.05) is 18.0 Å². The number of anilines is 1. The molecule has 1 atom stereocenters. The van der Waals surface area contributed by atoms with Crippen LogP contribution in [0.5, 0.6) is 0 Å². The van der Waals surface area contributed by atoms with Crippen LogP contribution in [-0.2, 0) is 0 Å². The zero-order chi connectivity index (χ0) is 16.5. The molecule has 24 heavy (non-hydrogen) atoms. The maximum Gasteiger partial charge on any atom is 0.147 e. The fraction of sp³-hybridized carbons (Fsp3) is 0.278. The summed E-state index contributed by atoms with van der Waals surface area (Å²) in [6, 6.07) is 7.84. The van der Waals surface area contributed by atoms with E-state index < -0.39 is 0 Å². The Hall–Kier alpha value is -2.58. The summed E-state index contributed by atoms with van der Waals surface area (Å²) in [5, 5.41) is 10.7. The molecule has 1 saturated heterocycles. The second kappa shape index (κ2) is 6.14. The second-order valence-electron chi connectivity index (χ2n) is 6.07. The highest BCUT2D eigenvalue weighted by molar-refractivity contribution is 6.33. The lowest BCUT2D eigenvalue weighted by atomic mass is 9.90. The van der Waals surface area contributed by atoms with Gasteiger partial charge in [0.15, 0.2) is 0 Å². The third kappa shape index (κ3) is 2.59. The van der Waals surface area contributed by atoms with E-state index in [1.807, 2.05) is 6.07 Å². The van der Waals surface area contributed by atoms with E-state index in [1.54, 1.807) is 18.5 Å². The zero-order valence-corrected chi connectivity index (χ0v) is 13.8. The average molecular weight is 338 g/mol. The van der Waals surface area contributed by atoms with Gasteiger partial charge in [-0.2, -0.15) is 5.26 Å². The van der Waals surface area contributed by atoms with Crippen LogP contribution in [0.2, 0.25) is 5.02 Å². The fourth-order valence-corrected chi connectivity index (χ4v) is 3.75. The molecule has 1 unspecified atom stereocenters. The third-order valence-electron chi connectivity index (χ3n) is 4.59. The van der Waals surface area contributed by atoms with Gasteiger partial charge in [-0.25, -0.2) is 9.97 Å². The number of fused-ring (bicyclic) bond motifs is 1. The highest BCUT2D eigenvalue weighted by Gasteiger charge is 2.25. The monoisotopic (exact) mass is 337 g/mol. The Morgan fingerprint density at radius 2 is 2.29 bits per heavy atom. The summed E-state index contributed by atoms with van der Waals surface area (Å²) in [4.78, 5) is 14.3. The molecule has 120 valence electrons. The molecule has 1 fully saturated rings. The Labute approximate surface area is 144 Å². The number of aromatic amines is 1. The van der Waals surface area contributed by atoms with Crippen LogP contribution in [-0.4, -0.2) is 28.0 Å². The van der Waals surface area contributed by atoms with E-state index in [-0.39, 0.29) is 0 Å². The van der Waals surface area contributed by atoms with Crippen molar-refractivity contribution < 1.29 is 0 Å². The van der Waals surface area contributed by atoms with Crippen molar-refractivity contribution in [3.63, 3.8) is 0 Å². The number of nitriles is 1. The number of hydrogen-bond acceptors (Lipinski definition) is 4. The van der Waals surface area contributed by atoms with E-state index in [9.17, 15) is 0 Å². The maximum absolute atomic E-state index is 8.96. The summed E-state index contributed by atoms with van der Waals surface area (Å²) in [5.74, 6) is 1.17. The van der Waals surface area contributed by atoms with Crippen molar-refractivity contribution in [3.8, 4) is 6.07 Å². The van der Waals surface area contributed by atoms with Gasteiger partial charge in [-0.1, -0.05) is 11.6 Å². The smallest absolute Gasteiger partial charge is 0.147 e. The number of nitrogens with one attached hydrogen (secondary N) is 1. The van der Waals surface area contributed by atoms with E-state index in [0.29, 0.717) is 16.5 Å². The van der Waals surface area contributed by atoms with Crippen LogP contribution in [0.25, 0.3) is 11.0 Å². The molecule has 1 aliphatic rings. The number of H-pyrrole nitrogens is 1. The fourth-order valence-electron chi connectivity index (χ4n) is 3.46. The Kier molecular flexibility index (Phi) is 3.83. The molecule has 0 amide bonds. The minimum Gasteiger partial charge on any atom is -0.355 e. The molecule has 5 nitrogen and oxygen atoms in total. The van der Waals surface area contributed by atoms with E-state index in [1.165, 1.54) is 10.9 Å². The van der Waals surface area contributed by atoms with Crippen LogP contribution in [0, 0.1) is 11.3 Å². The Balaban J connectivity index is 1.63. The molecule has 1 N–H and O–H groups in total. The van der Waals surface area contributed by atoms with Crippen molar-refractivity contribution in [1.29, 1.82) is 5.26 Å². The van der Waals surface area contributed by atoms with Gasteiger partial charge < -0.3 is 9.88 Å². The van der Waals surface area contributed by atoms with Crippen LogP contribution in [0.15, 0.2) is 36.8 Å². The molecule has 4 rings (SSSR count). The molecule has 0 spiro atoms. The Morgan fingerprint density at radius 1 is 1.38 bits per heavy atom. The summed E-state index contributed by atoms with van der Waals surface area (Å²) in [6.07, 6.45) is 7.66. The second-order valence-corrected chi connectivity index (χ2v) is 6.48. The first kappa shape index (κ1) is 15.0. The SMILES string of the molecule is N#Cc1cnc(N2CCCC(c3c[nH]c4ncccc34)C2)c(Cl)c1. The zero-order valence-electron chi connectivity index (χ0n) is 13.0. The number of piperidine rings is 1. The van der Waals surface area contributed by atoms with Crippen molar-refractivity contribution in [3.05, 3.63) is 52.9 Å². The van der Waals surface area contributed by atoms with Crippen LogP contribution in [0.3, 0.4) is 0 Å². The summed E-state index contributed by atoms with van der Waals surface area (Å²) >= 11 is 6.34. The Morgan fingerprint density at radius 3 is 3.12 bits per heavy atom. The van der Waals surface area contributed by atoms with Gasteiger partial charge in [-0.3, -0.25) is 0 Å². The lowest BCUT2D eigenvalue weighted by molar-refractivity contribution is 0.509. The van der Waals surface area contributed by atoms with Gasteiger partial charge >= 0.3 is 0 Å². The molecule has 0 aromatic carbocycles. The van der Waals surface area contributed by atoms with Crippen molar-refractivity contribution in [1.82, 2.24) is 15.0 Å². The minimum absolute atomic E-state index is 0.408. The van der Waals surface area contributed by atoms with Gasteiger partial charge in [0.05, 0.1) is 10.6 Å². The van der Waals surface area contributed by atoms with E-state index in [2.05, 4.69) is 38.2 Å². The highest BCUT2D eigenvalue weighted by Crippen LogP contribution is 2.35. The van der Waals surface area contributed by atoms with Crippen LogP contribution >= 0.6 is 11.6 Å². The predicted molar refractivity (Wildman–Crippen MR) is 94.2 cm³/mol. The lowest BCUT2D eigenvalue weighted by Crippen LogP contribution is -2.35. The largest absolute Gasteiger partial charge is 0.355 e. The molecular formula is C18H16ClN5. The lowest BCUT2D eigenvalue weighted by Gasteiger charge is -2.34. The molecule has 3 aromatic rings.